The summed E-state index contributed by atoms with van der Waals surface area (Å²) in [6.07, 6.45) is 3.56. The summed E-state index contributed by atoms with van der Waals surface area (Å²) in [5.41, 5.74) is 2.45. The monoisotopic (exact) mass is 240 g/mol. The third-order valence-electron chi connectivity index (χ3n) is 2.36. The van der Waals surface area contributed by atoms with Gasteiger partial charge >= 0.3 is 0 Å². The molecule has 1 aromatic heterocycles. The van der Waals surface area contributed by atoms with Crippen LogP contribution in [0.25, 0.3) is 0 Å². The molecule has 1 rings (SSSR count). The van der Waals surface area contributed by atoms with E-state index in [2.05, 4.69) is 13.8 Å². The molecular formula is C12H20N2O3. The van der Waals surface area contributed by atoms with Crippen LogP contribution in [0.3, 0.4) is 0 Å². The van der Waals surface area contributed by atoms with Crippen LogP contribution in [0.1, 0.15) is 42.8 Å². The minimum atomic E-state index is -0.361. The van der Waals surface area contributed by atoms with Gasteiger partial charge in [-0.1, -0.05) is 13.8 Å². The summed E-state index contributed by atoms with van der Waals surface area (Å²) in [6.45, 7) is 5.46. The Kier molecular flexibility index (Phi) is 5.72. The molecule has 0 fully saturated rings. The maximum Gasteiger partial charge on any atom is 0.268 e. The highest BCUT2D eigenvalue weighted by Gasteiger charge is 2.08. The molecule has 5 nitrogen and oxygen atoms in total. The van der Waals surface area contributed by atoms with Crippen molar-refractivity contribution in [2.45, 2.75) is 33.3 Å². The van der Waals surface area contributed by atoms with Gasteiger partial charge in [-0.2, -0.15) is 0 Å². The third kappa shape index (κ3) is 5.01. The van der Waals surface area contributed by atoms with E-state index in [4.69, 9.17) is 15.0 Å². The smallest absolute Gasteiger partial charge is 0.268 e. The van der Waals surface area contributed by atoms with Gasteiger partial charge in [0.2, 0.25) is 0 Å². The van der Waals surface area contributed by atoms with Gasteiger partial charge in [0.25, 0.3) is 5.91 Å². The summed E-state index contributed by atoms with van der Waals surface area (Å²) in [6, 6.07) is 1.63. The number of ether oxygens (including phenoxy) is 1. The molecule has 17 heavy (non-hydrogen) atoms. The Balaban J connectivity index is 2.23. The molecule has 5 heteroatoms. The van der Waals surface area contributed by atoms with E-state index in [1.165, 1.54) is 6.26 Å². The normalized spacial score (nSPS) is 10.8. The molecule has 0 aromatic carbocycles. The minimum Gasteiger partial charge on any atom is -0.466 e. The third-order valence-corrected chi connectivity index (χ3v) is 2.36. The summed E-state index contributed by atoms with van der Waals surface area (Å²) in [5.74, 6) is 5.98. The van der Waals surface area contributed by atoms with Crippen molar-refractivity contribution in [3.05, 3.63) is 23.7 Å². The standard InChI is InChI=1S/C12H20N2O3/c1-9(2)4-3-5-16-8-11-6-10(7-17-11)12(15)14-13/h6-7,9H,3-5,8,13H2,1-2H3,(H,14,15). The van der Waals surface area contributed by atoms with Crippen LogP contribution < -0.4 is 11.3 Å². The summed E-state index contributed by atoms with van der Waals surface area (Å²) < 4.78 is 10.6. The Morgan fingerprint density at radius 3 is 3.00 bits per heavy atom. The van der Waals surface area contributed by atoms with Crippen molar-refractivity contribution >= 4 is 5.91 Å². The maximum absolute atomic E-state index is 11.1. The van der Waals surface area contributed by atoms with E-state index in [1.54, 1.807) is 6.07 Å². The zero-order valence-electron chi connectivity index (χ0n) is 10.4. The first-order valence-electron chi connectivity index (χ1n) is 5.79. The van der Waals surface area contributed by atoms with Crippen molar-refractivity contribution < 1.29 is 13.9 Å². The number of furan rings is 1. The Morgan fingerprint density at radius 1 is 1.59 bits per heavy atom. The zero-order chi connectivity index (χ0) is 12.7. The van der Waals surface area contributed by atoms with E-state index in [9.17, 15) is 4.79 Å². The molecule has 0 aliphatic rings. The fraction of sp³-hybridized carbons (Fsp3) is 0.583. The number of nitrogen functional groups attached to an aromatic ring is 1. The number of nitrogens with two attached hydrogens (primary N) is 1. The van der Waals surface area contributed by atoms with Crippen molar-refractivity contribution in [2.24, 2.45) is 11.8 Å². The summed E-state index contributed by atoms with van der Waals surface area (Å²) in [5, 5.41) is 0. The van der Waals surface area contributed by atoms with E-state index in [1.807, 2.05) is 5.43 Å². The molecule has 1 aromatic rings. The Morgan fingerprint density at radius 2 is 2.35 bits per heavy atom. The highest BCUT2D eigenvalue weighted by Crippen LogP contribution is 2.10. The SMILES string of the molecule is CC(C)CCCOCc1cc(C(=O)NN)co1. The zero-order valence-corrected chi connectivity index (χ0v) is 10.4. The van der Waals surface area contributed by atoms with Crippen molar-refractivity contribution in [1.82, 2.24) is 5.43 Å². The number of carbonyl (C=O) groups excluding carboxylic acids is 1. The molecule has 0 saturated carbocycles. The number of amides is 1. The number of hydrogen-bond donors (Lipinski definition) is 2. The fourth-order valence-corrected chi connectivity index (χ4v) is 1.43. The van der Waals surface area contributed by atoms with Gasteiger partial charge in [0.1, 0.15) is 18.6 Å². The molecule has 0 radical (unpaired) electrons. The number of nitrogens with one attached hydrogen (secondary N) is 1. The van der Waals surface area contributed by atoms with Gasteiger partial charge in [0.05, 0.1) is 5.56 Å². The summed E-state index contributed by atoms with van der Waals surface area (Å²) in [4.78, 5) is 11.1. The van der Waals surface area contributed by atoms with Gasteiger partial charge in [-0.3, -0.25) is 10.2 Å². The average Bonchev–Trinajstić information content (AvgIpc) is 2.76. The lowest BCUT2D eigenvalue weighted by atomic mass is 10.1. The summed E-state index contributed by atoms with van der Waals surface area (Å²) >= 11 is 0. The van der Waals surface area contributed by atoms with E-state index in [-0.39, 0.29) is 5.91 Å². The van der Waals surface area contributed by atoms with Gasteiger partial charge < -0.3 is 9.15 Å². The number of hydrazine groups is 1. The quantitative estimate of drug-likeness (QED) is 0.330. The van der Waals surface area contributed by atoms with E-state index >= 15 is 0 Å². The van der Waals surface area contributed by atoms with Crippen LogP contribution in [0.15, 0.2) is 16.7 Å². The van der Waals surface area contributed by atoms with Crippen LogP contribution in [-0.2, 0) is 11.3 Å². The van der Waals surface area contributed by atoms with Crippen LogP contribution in [0.4, 0.5) is 0 Å². The Bertz CT molecular complexity index is 347. The highest BCUT2D eigenvalue weighted by molar-refractivity contribution is 5.93. The molecule has 96 valence electrons. The van der Waals surface area contributed by atoms with Crippen LogP contribution in [0, 0.1) is 5.92 Å². The fourth-order valence-electron chi connectivity index (χ4n) is 1.43. The van der Waals surface area contributed by atoms with Crippen molar-refractivity contribution in [3.8, 4) is 0 Å². The van der Waals surface area contributed by atoms with Gasteiger partial charge in [0.15, 0.2) is 0 Å². The van der Waals surface area contributed by atoms with Crippen molar-refractivity contribution in [1.29, 1.82) is 0 Å². The van der Waals surface area contributed by atoms with Crippen molar-refractivity contribution in [2.75, 3.05) is 6.61 Å². The second-order valence-corrected chi connectivity index (χ2v) is 4.36. The van der Waals surface area contributed by atoms with Crippen molar-refractivity contribution in [3.63, 3.8) is 0 Å². The molecule has 0 spiro atoms. The lowest BCUT2D eigenvalue weighted by Gasteiger charge is -2.04. The van der Waals surface area contributed by atoms with Crippen LogP contribution in [0.2, 0.25) is 0 Å². The van der Waals surface area contributed by atoms with Crippen LogP contribution >= 0.6 is 0 Å². The average molecular weight is 240 g/mol. The Labute approximate surface area is 101 Å². The van der Waals surface area contributed by atoms with E-state index in [0.29, 0.717) is 30.5 Å². The van der Waals surface area contributed by atoms with Gasteiger partial charge in [-0.05, 0) is 24.8 Å². The first-order chi connectivity index (χ1) is 8.13. The second kappa shape index (κ2) is 7.09. The minimum absolute atomic E-state index is 0.361. The predicted molar refractivity (Wildman–Crippen MR) is 64.1 cm³/mol. The lowest BCUT2D eigenvalue weighted by Crippen LogP contribution is -2.29. The summed E-state index contributed by atoms with van der Waals surface area (Å²) in [7, 11) is 0. The number of hydrogen-bond acceptors (Lipinski definition) is 4. The molecule has 0 bridgehead atoms. The molecular weight excluding hydrogens is 220 g/mol. The van der Waals surface area contributed by atoms with Crippen LogP contribution in [0.5, 0.6) is 0 Å². The van der Waals surface area contributed by atoms with E-state index in [0.717, 1.165) is 12.8 Å². The van der Waals surface area contributed by atoms with Gasteiger partial charge in [-0.25, -0.2) is 5.84 Å². The predicted octanol–water partition coefficient (Wildman–Crippen LogP) is 1.84. The topological polar surface area (TPSA) is 77.5 Å². The molecule has 0 aliphatic carbocycles. The molecule has 0 atom stereocenters. The number of rotatable bonds is 7. The second-order valence-electron chi connectivity index (χ2n) is 4.36. The lowest BCUT2D eigenvalue weighted by molar-refractivity contribution is 0.0953. The molecule has 0 unspecified atom stereocenters. The first kappa shape index (κ1) is 13.7. The van der Waals surface area contributed by atoms with Crippen LogP contribution in [-0.4, -0.2) is 12.5 Å². The highest BCUT2D eigenvalue weighted by atomic mass is 16.5. The molecule has 1 heterocycles. The Hall–Kier alpha value is -1.33. The largest absolute Gasteiger partial charge is 0.466 e. The maximum atomic E-state index is 11.1. The molecule has 0 saturated heterocycles. The van der Waals surface area contributed by atoms with E-state index < -0.39 is 0 Å². The van der Waals surface area contributed by atoms with Gasteiger partial charge in [0, 0.05) is 6.61 Å². The molecule has 0 aliphatic heterocycles. The first-order valence-corrected chi connectivity index (χ1v) is 5.79. The molecule has 3 N–H and O–H groups in total. The van der Waals surface area contributed by atoms with Gasteiger partial charge in [-0.15, -0.1) is 0 Å². The molecule has 1 amide bonds. The number of carbonyl (C=O) groups is 1.